The van der Waals surface area contributed by atoms with E-state index in [1.807, 2.05) is 0 Å². The minimum absolute atomic E-state index is 0.117. The van der Waals surface area contributed by atoms with E-state index in [1.54, 1.807) is 45.9 Å². The zero-order valence-electron chi connectivity index (χ0n) is 19.3. The zero-order chi connectivity index (χ0) is 24.7. The molecule has 3 aliphatic rings. The predicted octanol–water partition coefficient (Wildman–Crippen LogP) is 2.70. The Morgan fingerprint density at radius 1 is 0.971 bits per heavy atom. The number of nitrogens with one attached hydrogen (secondary N) is 2. The monoisotopic (exact) mass is 518 g/mol. The number of amides is 2. The highest BCUT2D eigenvalue weighted by Gasteiger charge is 2.62. The molecule has 188 valence electrons. The summed E-state index contributed by atoms with van der Waals surface area (Å²) in [6.45, 7) is 7.26. The van der Waals surface area contributed by atoms with Gasteiger partial charge in [-0.25, -0.2) is 0 Å². The quantitative estimate of drug-likeness (QED) is 0.436. The minimum Gasteiger partial charge on any atom is -0.492 e. The second-order valence-corrected chi connectivity index (χ2v) is 10.00. The molecule has 0 aliphatic carbocycles. The molecule has 2 amide bonds. The number of hydrogen-bond donors (Lipinski definition) is 2. The van der Waals surface area contributed by atoms with Crippen LogP contribution in [0.4, 0.5) is 0 Å². The van der Waals surface area contributed by atoms with Crippen LogP contribution in [-0.4, -0.2) is 60.7 Å². The van der Waals surface area contributed by atoms with Crippen LogP contribution in [0.15, 0.2) is 18.2 Å². The first kappa shape index (κ1) is 25.4. The Morgan fingerprint density at radius 3 is 2.38 bits per heavy atom. The van der Waals surface area contributed by atoms with Crippen molar-refractivity contribution in [1.29, 1.82) is 0 Å². The third kappa shape index (κ3) is 5.76. The van der Waals surface area contributed by atoms with Crippen molar-refractivity contribution in [2.75, 3.05) is 6.61 Å². The minimum atomic E-state index is -1.07. The van der Waals surface area contributed by atoms with Gasteiger partial charge in [-0.2, -0.15) is 0 Å². The lowest BCUT2D eigenvalue weighted by Crippen LogP contribution is -2.61. The highest BCUT2D eigenvalue weighted by atomic mass is 35.5. The van der Waals surface area contributed by atoms with Gasteiger partial charge in [-0.1, -0.05) is 23.2 Å². The SMILES string of the molecule is CC1(C)O[C@H]2[C@@H](O1)[C@@H](C(=O)NNC(=O)CCCOc1ccc(Cl)cc1Cl)O[C@H]1OC(C)(C)O[C@@H]12. The van der Waals surface area contributed by atoms with Crippen molar-refractivity contribution in [3.8, 4) is 5.75 Å². The average molecular weight is 519 g/mol. The van der Waals surface area contributed by atoms with Crippen LogP contribution in [0, 0.1) is 0 Å². The number of fused-ring (bicyclic) bond motifs is 3. The molecule has 34 heavy (non-hydrogen) atoms. The molecule has 1 aromatic carbocycles. The van der Waals surface area contributed by atoms with E-state index in [-0.39, 0.29) is 13.0 Å². The van der Waals surface area contributed by atoms with E-state index in [0.717, 1.165) is 0 Å². The summed E-state index contributed by atoms with van der Waals surface area (Å²) in [7, 11) is 0. The number of benzene rings is 1. The molecule has 4 rings (SSSR count). The molecule has 2 N–H and O–H groups in total. The molecule has 0 bridgehead atoms. The number of hydrogen-bond acceptors (Lipinski definition) is 8. The van der Waals surface area contributed by atoms with Crippen LogP contribution < -0.4 is 15.6 Å². The van der Waals surface area contributed by atoms with Crippen molar-refractivity contribution < 1.29 is 38.0 Å². The lowest BCUT2D eigenvalue weighted by atomic mass is 9.98. The smallest absolute Gasteiger partial charge is 0.270 e. The number of ether oxygens (including phenoxy) is 6. The largest absolute Gasteiger partial charge is 0.492 e. The van der Waals surface area contributed by atoms with Crippen LogP contribution in [-0.2, 0) is 33.3 Å². The number of hydrazine groups is 1. The maximum atomic E-state index is 12.9. The molecule has 10 nitrogen and oxygen atoms in total. The predicted molar refractivity (Wildman–Crippen MR) is 120 cm³/mol. The third-order valence-corrected chi connectivity index (χ3v) is 5.97. The summed E-state index contributed by atoms with van der Waals surface area (Å²) in [6.07, 6.45) is -3.21. The summed E-state index contributed by atoms with van der Waals surface area (Å²) in [5, 5.41) is 0.892. The molecule has 0 aromatic heterocycles. The fourth-order valence-corrected chi connectivity index (χ4v) is 4.56. The van der Waals surface area contributed by atoms with Gasteiger partial charge in [-0.05, 0) is 52.3 Å². The summed E-state index contributed by atoms with van der Waals surface area (Å²) < 4.78 is 35.0. The van der Waals surface area contributed by atoms with E-state index < -0.39 is 54.1 Å². The van der Waals surface area contributed by atoms with Crippen LogP contribution in [0.3, 0.4) is 0 Å². The van der Waals surface area contributed by atoms with Crippen molar-refractivity contribution in [2.45, 2.75) is 82.8 Å². The van der Waals surface area contributed by atoms with Gasteiger partial charge in [-0.15, -0.1) is 0 Å². The highest BCUT2D eigenvalue weighted by Crippen LogP contribution is 2.44. The Kier molecular flexibility index (Phi) is 7.31. The standard InChI is InChI=1S/C22H28Cl2N2O8/c1-21(2)31-15-16(32-21)18-20(34-22(3,4)33-18)30-17(15)19(28)26-25-14(27)6-5-9-29-13-8-7-11(23)10-12(13)24/h7-8,10,15-18,20H,5-6,9H2,1-4H3,(H,25,27)(H,26,28)/t15-,16+,17+,18-,20+/m1/s1. The van der Waals surface area contributed by atoms with E-state index in [4.69, 9.17) is 51.6 Å². The molecule has 5 atom stereocenters. The fraction of sp³-hybridized carbons (Fsp3) is 0.636. The van der Waals surface area contributed by atoms with Crippen molar-refractivity contribution in [2.24, 2.45) is 0 Å². The normalized spacial score (nSPS) is 30.8. The second-order valence-electron chi connectivity index (χ2n) is 9.15. The van der Waals surface area contributed by atoms with Gasteiger partial charge >= 0.3 is 0 Å². The Balaban J connectivity index is 1.26. The molecule has 3 heterocycles. The van der Waals surface area contributed by atoms with Crippen molar-refractivity contribution in [3.63, 3.8) is 0 Å². The zero-order valence-corrected chi connectivity index (χ0v) is 20.8. The Morgan fingerprint density at radius 2 is 1.65 bits per heavy atom. The molecular formula is C22H28Cl2N2O8. The lowest BCUT2D eigenvalue weighted by molar-refractivity contribution is -0.231. The van der Waals surface area contributed by atoms with Gasteiger partial charge in [0.2, 0.25) is 5.91 Å². The van der Waals surface area contributed by atoms with Crippen LogP contribution in [0.1, 0.15) is 40.5 Å². The van der Waals surface area contributed by atoms with Gasteiger partial charge < -0.3 is 28.4 Å². The van der Waals surface area contributed by atoms with Gasteiger partial charge in [0.1, 0.15) is 24.1 Å². The molecule has 0 saturated carbocycles. The van der Waals surface area contributed by atoms with Gasteiger partial charge in [-0.3, -0.25) is 20.4 Å². The molecule has 0 unspecified atom stereocenters. The summed E-state index contributed by atoms with van der Waals surface area (Å²) in [5.74, 6) is -2.33. The van der Waals surface area contributed by atoms with Crippen LogP contribution in [0.5, 0.6) is 5.75 Å². The summed E-state index contributed by atoms with van der Waals surface area (Å²) in [4.78, 5) is 25.0. The van der Waals surface area contributed by atoms with E-state index in [0.29, 0.717) is 22.2 Å². The van der Waals surface area contributed by atoms with Crippen molar-refractivity contribution in [1.82, 2.24) is 10.9 Å². The Labute approximate surface area is 207 Å². The van der Waals surface area contributed by atoms with E-state index in [2.05, 4.69) is 10.9 Å². The third-order valence-electron chi connectivity index (χ3n) is 5.44. The average Bonchev–Trinajstić information content (AvgIpc) is 3.23. The highest BCUT2D eigenvalue weighted by molar-refractivity contribution is 6.35. The van der Waals surface area contributed by atoms with Crippen molar-refractivity contribution in [3.05, 3.63) is 28.2 Å². The molecular weight excluding hydrogens is 491 g/mol. The Hall–Kier alpha value is -1.66. The molecule has 1 aromatic rings. The summed E-state index contributed by atoms with van der Waals surface area (Å²) >= 11 is 11.9. The number of carbonyl (C=O) groups excluding carboxylic acids is 2. The van der Waals surface area contributed by atoms with E-state index in [9.17, 15) is 9.59 Å². The molecule has 0 spiro atoms. The van der Waals surface area contributed by atoms with Crippen LogP contribution >= 0.6 is 23.2 Å². The van der Waals surface area contributed by atoms with Gasteiger partial charge in [0.05, 0.1) is 11.6 Å². The molecule has 3 saturated heterocycles. The van der Waals surface area contributed by atoms with Gasteiger partial charge in [0.15, 0.2) is 24.0 Å². The molecule has 3 fully saturated rings. The van der Waals surface area contributed by atoms with E-state index >= 15 is 0 Å². The first-order chi connectivity index (χ1) is 15.9. The number of halogens is 2. The first-order valence-corrected chi connectivity index (χ1v) is 11.7. The second kappa shape index (κ2) is 9.77. The lowest BCUT2D eigenvalue weighted by Gasteiger charge is -2.36. The molecule has 0 radical (unpaired) electrons. The fourth-order valence-electron chi connectivity index (χ4n) is 4.10. The maximum absolute atomic E-state index is 12.9. The first-order valence-electron chi connectivity index (χ1n) is 11.0. The summed E-state index contributed by atoms with van der Waals surface area (Å²) in [6, 6.07) is 4.89. The topological polar surface area (TPSA) is 114 Å². The van der Waals surface area contributed by atoms with Crippen molar-refractivity contribution >= 4 is 35.0 Å². The molecule has 12 heteroatoms. The van der Waals surface area contributed by atoms with E-state index in [1.165, 1.54) is 0 Å². The number of rotatable bonds is 6. The van der Waals surface area contributed by atoms with Crippen LogP contribution in [0.2, 0.25) is 10.0 Å². The molecule has 3 aliphatic heterocycles. The Bertz CT molecular complexity index is 943. The van der Waals surface area contributed by atoms with Gasteiger partial charge in [0, 0.05) is 11.4 Å². The number of carbonyl (C=O) groups is 2. The van der Waals surface area contributed by atoms with Gasteiger partial charge in [0.25, 0.3) is 5.91 Å². The van der Waals surface area contributed by atoms with Crippen LogP contribution in [0.25, 0.3) is 0 Å². The maximum Gasteiger partial charge on any atom is 0.270 e. The summed E-state index contributed by atoms with van der Waals surface area (Å²) in [5.41, 5.74) is 4.78.